The van der Waals surface area contributed by atoms with Gasteiger partial charge in [-0.15, -0.1) is 0 Å². The molecule has 0 spiro atoms. The zero-order chi connectivity index (χ0) is 34.2. The highest BCUT2D eigenvalue weighted by molar-refractivity contribution is 6.05. The molecule has 1 N–H and O–H groups in total. The number of piperazine rings is 1. The van der Waals surface area contributed by atoms with Crippen LogP contribution in [0.3, 0.4) is 0 Å². The quantitative estimate of drug-likeness (QED) is 0.249. The number of carbonyl (C=O) groups is 2. The molecule has 2 aliphatic heterocycles. The van der Waals surface area contributed by atoms with Gasteiger partial charge in [-0.1, -0.05) is 19.1 Å². The molecule has 10 nitrogen and oxygen atoms in total. The average molecular weight is 655 g/mol. The third-order valence-corrected chi connectivity index (χ3v) is 8.75. The summed E-state index contributed by atoms with van der Waals surface area (Å²) >= 11 is 0. The van der Waals surface area contributed by atoms with E-state index in [0.717, 1.165) is 51.1 Å². The van der Waals surface area contributed by atoms with Gasteiger partial charge in [0.1, 0.15) is 11.4 Å². The number of H-pyrrole nitrogens is 1. The van der Waals surface area contributed by atoms with Crippen LogP contribution < -0.4 is 9.64 Å². The summed E-state index contributed by atoms with van der Waals surface area (Å²) in [6.45, 7) is 12.7. The summed E-state index contributed by atoms with van der Waals surface area (Å²) in [5, 5.41) is 0.905. The second kappa shape index (κ2) is 13.3. The minimum atomic E-state index is -0.576. The Morgan fingerprint density at radius 3 is 2.48 bits per heavy atom. The molecule has 4 aromatic rings. The van der Waals surface area contributed by atoms with Crippen molar-refractivity contribution in [1.82, 2.24) is 24.8 Å². The number of hydrogen-bond donors (Lipinski definition) is 1. The van der Waals surface area contributed by atoms with Crippen LogP contribution in [0, 0.1) is 12.7 Å². The highest BCUT2D eigenvalue weighted by Crippen LogP contribution is 2.35. The van der Waals surface area contributed by atoms with E-state index in [9.17, 15) is 14.0 Å². The molecule has 1 saturated heterocycles. The fourth-order valence-corrected chi connectivity index (χ4v) is 6.40. The molecule has 2 amide bonds. The number of pyridine rings is 2. The van der Waals surface area contributed by atoms with E-state index in [-0.39, 0.29) is 12.0 Å². The van der Waals surface area contributed by atoms with Crippen molar-refractivity contribution in [1.29, 1.82) is 0 Å². The molecule has 0 saturated carbocycles. The van der Waals surface area contributed by atoms with Gasteiger partial charge < -0.3 is 29.2 Å². The van der Waals surface area contributed by atoms with Crippen molar-refractivity contribution in [3.05, 3.63) is 77.1 Å². The average Bonchev–Trinajstić information content (AvgIpc) is 3.51. The molecule has 0 atom stereocenters. The van der Waals surface area contributed by atoms with Gasteiger partial charge in [-0.25, -0.2) is 14.2 Å². The number of aromatic amines is 1. The smallest absolute Gasteiger partial charge is 0.410 e. The summed E-state index contributed by atoms with van der Waals surface area (Å²) < 4.78 is 24.8. The van der Waals surface area contributed by atoms with E-state index in [2.05, 4.69) is 35.1 Å². The molecule has 1 aromatic carbocycles. The number of methoxy groups -OCH3 is 1. The maximum absolute atomic E-state index is 14.1. The Bertz CT molecular complexity index is 1890. The van der Waals surface area contributed by atoms with Gasteiger partial charge in [-0.2, -0.15) is 0 Å². The number of rotatable bonds is 6. The van der Waals surface area contributed by atoms with Crippen molar-refractivity contribution in [3.8, 4) is 16.9 Å². The van der Waals surface area contributed by atoms with Crippen LogP contribution in [0.4, 0.5) is 15.0 Å². The number of nitrogens with zero attached hydrogens (tertiary/aromatic N) is 5. The van der Waals surface area contributed by atoms with Crippen molar-refractivity contribution in [3.63, 3.8) is 0 Å². The molecule has 0 unspecified atom stereocenters. The number of nitrogens with one attached hydrogen (secondary N) is 1. The van der Waals surface area contributed by atoms with Gasteiger partial charge in [0.2, 0.25) is 0 Å². The Kier molecular flexibility index (Phi) is 9.13. The number of anilines is 1. The molecule has 252 valence electrons. The van der Waals surface area contributed by atoms with Crippen LogP contribution in [0.2, 0.25) is 0 Å². The number of hydrogen-bond acceptors (Lipinski definition) is 7. The SMILES string of the molecule is CCc1nc(C)ccc1-c1cc(C(=O)N2CCN(c3ncc(F)cc3OC)CC2)cc2cc(C3=CCCN(C(=O)OC(C)(C)C)C3)[nH]c12. The Labute approximate surface area is 280 Å². The van der Waals surface area contributed by atoms with Crippen molar-refractivity contribution >= 4 is 34.3 Å². The van der Waals surface area contributed by atoms with Crippen LogP contribution in [0.15, 0.2) is 48.7 Å². The van der Waals surface area contributed by atoms with Gasteiger partial charge in [0.15, 0.2) is 11.6 Å². The summed E-state index contributed by atoms with van der Waals surface area (Å²) in [4.78, 5) is 45.3. The molecule has 2 aliphatic rings. The normalized spacial score (nSPS) is 15.5. The minimum absolute atomic E-state index is 0.0642. The van der Waals surface area contributed by atoms with Crippen molar-refractivity contribution in [2.24, 2.45) is 0 Å². The first-order chi connectivity index (χ1) is 22.9. The number of aromatic nitrogens is 3. The molecule has 0 aliphatic carbocycles. The molecular formula is C37H43FN6O4. The Morgan fingerprint density at radius 1 is 1.00 bits per heavy atom. The van der Waals surface area contributed by atoms with Crippen LogP contribution in [0.25, 0.3) is 27.6 Å². The summed E-state index contributed by atoms with van der Waals surface area (Å²) in [7, 11) is 1.50. The molecule has 0 bridgehead atoms. The number of carbonyl (C=O) groups excluding carboxylic acids is 2. The summed E-state index contributed by atoms with van der Waals surface area (Å²) in [5.74, 6) is 0.411. The Morgan fingerprint density at radius 2 is 1.77 bits per heavy atom. The molecule has 11 heteroatoms. The van der Waals surface area contributed by atoms with Gasteiger partial charge >= 0.3 is 6.09 Å². The first-order valence-corrected chi connectivity index (χ1v) is 16.5. The lowest BCUT2D eigenvalue weighted by Crippen LogP contribution is -2.49. The highest BCUT2D eigenvalue weighted by atomic mass is 19.1. The molecule has 3 aromatic heterocycles. The molecular weight excluding hydrogens is 611 g/mol. The fraction of sp³-hybridized carbons (Fsp3) is 0.405. The number of fused-ring (bicyclic) bond motifs is 1. The maximum Gasteiger partial charge on any atom is 0.410 e. The molecule has 0 radical (unpaired) electrons. The number of amides is 2. The van der Waals surface area contributed by atoms with E-state index >= 15 is 0 Å². The highest BCUT2D eigenvalue weighted by Gasteiger charge is 2.28. The number of ether oxygens (including phenoxy) is 2. The predicted molar refractivity (Wildman–Crippen MR) is 185 cm³/mol. The number of aryl methyl sites for hydroxylation is 2. The van der Waals surface area contributed by atoms with Crippen LogP contribution in [0.5, 0.6) is 5.75 Å². The molecule has 5 heterocycles. The van der Waals surface area contributed by atoms with E-state index in [1.807, 2.05) is 55.7 Å². The van der Waals surface area contributed by atoms with Gasteiger partial charge in [0.25, 0.3) is 5.91 Å². The lowest BCUT2D eigenvalue weighted by atomic mass is 9.96. The minimum Gasteiger partial charge on any atom is -0.493 e. The third kappa shape index (κ3) is 6.86. The van der Waals surface area contributed by atoms with Gasteiger partial charge in [0, 0.05) is 77.9 Å². The molecule has 6 rings (SSSR count). The van der Waals surface area contributed by atoms with Gasteiger partial charge in [-0.05, 0) is 70.4 Å². The van der Waals surface area contributed by atoms with Crippen LogP contribution in [0.1, 0.15) is 61.6 Å². The van der Waals surface area contributed by atoms with Crippen molar-refractivity contribution in [2.75, 3.05) is 51.3 Å². The Balaban J connectivity index is 1.32. The number of benzene rings is 1. The van der Waals surface area contributed by atoms with E-state index in [1.165, 1.54) is 19.4 Å². The number of halogens is 1. The lowest BCUT2D eigenvalue weighted by Gasteiger charge is -2.36. The second-order valence-electron chi connectivity index (χ2n) is 13.4. The van der Waals surface area contributed by atoms with E-state index in [1.54, 1.807) is 4.90 Å². The summed E-state index contributed by atoms with van der Waals surface area (Å²) in [6, 6.07) is 11.4. The van der Waals surface area contributed by atoms with Gasteiger partial charge in [-0.3, -0.25) is 9.78 Å². The largest absolute Gasteiger partial charge is 0.493 e. The standard InChI is InChI=1S/C37H43FN6O4/c1-7-30-28(11-10-23(2)40-30)29-18-26(35(45)43-15-13-42(14-16-43)34-32(47-6)20-27(38)21-39-34)17-25-19-31(41-33(25)29)24-9-8-12-44(22-24)36(46)48-37(3,4)5/h9-11,17-21,41H,7-8,12-16,22H2,1-6H3. The zero-order valence-electron chi connectivity index (χ0n) is 28.5. The van der Waals surface area contributed by atoms with E-state index < -0.39 is 11.4 Å². The summed E-state index contributed by atoms with van der Waals surface area (Å²) in [5.41, 5.74) is 6.60. The van der Waals surface area contributed by atoms with E-state index in [0.29, 0.717) is 62.8 Å². The van der Waals surface area contributed by atoms with Crippen LogP contribution >= 0.6 is 0 Å². The lowest BCUT2D eigenvalue weighted by molar-refractivity contribution is 0.0273. The monoisotopic (exact) mass is 654 g/mol. The topological polar surface area (TPSA) is 104 Å². The first-order valence-electron chi connectivity index (χ1n) is 16.5. The molecule has 1 fully saturated rings. The van der Waals surface area contributed by atoms with E-state index in [4.69, 9.17) is 14.5 Å². The zero-order valence-corrected chi connectivity index (χ0v) is 28.5. The van der Waals surface area contributed by atoms with Gasteiger partial charge in [0.05, 0.1) is 25.4 Å². The van der Waals surface area contributed by atoms with Crippen LogP contribution in [-0.4, -0.2) is 88.7 Å². The molecule has 48 heavy (non-hydrogen) atoms. The van der Waals surface area contributed by atoms with Crippen LogP contribution in [-0.2, 0) is 11.2 Å². The van der Waals surface area contributed by atoms with Crippen molar-refractivity contribution in [2.45, 2.75) is 53.1 Å². The summed E-state index contributed by atoms with van der Waals surface area (Å²) in [6.07, 6.45) is 4.47. The maximum atomic E-state index is 14.1. The third-order valence-electron chi connectivity index (χ3n) is 8.75. The first kappa shape index (κ1) is 33.0. The Hall–Kier alpha value is -4.93. The fourth-order valence-electron chi connectivity index (χ4n) is 6.40. The van der Waals surface area contributed by atoms with Crippen molar-refractivity contribution < 1.29 is 23.5 Å². The second-order valence-corrected chi connectivity index (χ2v) is 13.4. The predicted octanol–water partition coefficient (Wildman–Crippen LogP) is 6.63.